The highest BCUT2D eigenvalue weighted by atomic mass is 14.9. The minimum atomic E-state index is 0.512. The predicted octanol–water partition coefficient (Wildman–Crippen LogP) is 4.47. The zero-order valence-electron chi connectivity index (χ0n) is 11.1. The lowest BCUT2D eigenvalue weighted by Gasteiger charge is -2.21. The number of allylic oxidation sites excluding steroid dienone is 4. The minimum absolute atomic E-state index is 0.512. The Morgan fingerprint density at radius 3 is 2.76 bits per heavy atom. The van der Waals surface area contributed by atoms with E-state index in [1.807, 2.05) is 0 Å². The van der Waals surface area contributed by atoms with Crippen LogP contribution in [0.1, 0.15) is 46.0 Å². The highest BCUT2D eigenvalue weighted by Crippen LogP contribution is 2.33. The maximum Gasteiger partial charge on any atom is 0.0908 e. The molecule has 2 rings (SSSR count). The number of hydrogen-bond acceptors (Lipinski definition) is 1. The number of rotatable bonds is 6. The Kier molecular flexibility index (Phi) is 3.98. The van der Waals surface area contributed by atoms with Gasteiger partial charge in [0.05, 0.1) is 6.04 Å². The average molecular weight is 229 g/mol. The summed E-state index contributed by atoms with van der Waals surface area (Å²) in [4.78, 5) is 4.39. The highest BCUT2D eigenvalue weighted by molar-refractivity contribution is 5.79. The largest absolute Gasteiger partial charge is 0.286 e. The van der Waals surface area contributed by atoms with Crippen LogP contribution in [0.25, 0.3) is 0 Å². The summed E-state index contributed by atoms with van der Waals surface area (Å²) in [7, 11) is 0. The van der Waals surface area contributed by atoms with E-state index in [9.17, 15) is 0 Å². The van der Waals surface area contributed by atoms with Gasteiger partial charge in [-0.3, -0.25) is 4.99 Å². The molecule has 1 aliphatic heterocycles. The van der Waals surface area contributed by atoms with Crippen LogP contribution in [-0.2, 0) is 0 Å². The quantitative estimate of drug-likeness (QED) is 0.596. The molecule has 0 saturated heterocycles. The second-order valence-corrected chi connectivity index (χ2v) is 5.50. The first-order valence-corrected chi connectivity index (χ1v) is 6.70. The Balaban J connectivity index is 1.91. The van der Waals surface area contributed by atoms with Gasteiger partial charge in [0.15, 0.2) is 0 Å². The van der Waals surface area contributed by atoms with E-state index in [2.05, 4.69) is 43.8 Å². The fraction of sp³-hybridized carbons (Fsp3) is 0.562. The molecule has 0 aromatic carbocycles. The first kappa shape index (κ1) is 12.3. The third-order valence-corrected chi connectivity index (χ3v) is 3.72. The summed E-state index contributed by atoms with van der Waals surface area (Å²) in [6.45, 7) is 8.32. The third-order valence-electron chi connectivity index (χ3n) is 3.72. The lowest BCUT2D eigenvalue weighted by Crippen LogP contribution is -2.14. The lowest BCUT2D eigenvalue weighted by atomic mass is 9.83. The van der Waals surface area contributed by atoms with Gasteiger partial charge in [0.1, 0.15) is 0 Å². The molecule has 0 radical (unpaired) electrons. The van der Waals surface area contributed by atoms with E-state index in [0.29, 0.717) is 12.0 Å². The monoisotopic (exact) mass is 229 g/mol. The van der Waals surface area contributed by atoms with Crippen molar-refractivity contribution in [3.05, 3.63) is 35.5 Å². The zero-order valence-corrected chi connectivity index (χ0v) is 11.1. The molecule has 92 valence electrons. The molecule has 0 aromatic heterocycles. The Bertz CT molecular complexity index is 378. The molecular formula is C16H23N. The Morgan fingerprint density at radius 2 is 2.24 bits per heavy atom. The third kappa shape index (κ3) is 3.69. The first-order chi connectivity index (χ1) is 8.16. The van der Waals surface area contributed by atoms with Gasteiger partial charge in [-0.2, -0.15) is 0 Å². The molecule has 2 atom stereocenters. The summed E-state index contributed by atoms with van der Waals surface area (Å²) in [6, 6.07) is 0.512. The second-order valence-electron chi connectivity index (χ2n) is 5.50. The van der Waals surface area contributed by atoms with Crippen LogP contribution in [0.15, 0.2) is 40.4 Å². The van der Waals surface area contributed by atoms with Crippen molar-refractivity contribution in [2.24, 2.45) is 10.9 Å². The fourth-order valence-corrected chi connectivity index (χ4v) is 2.52. The molecule has 2 aliphatic rings. The van der Waals surface area contributed by atoms with Gasteiger partial charge < -0.3 is 0 Å². The lowest BCUT2D eigenvalue weighted by molar-refractivity contribution is 0.516. The van der Waals surface area contributed by atoms with Crippen molar-refractivity contribution in [2.75, 3.05) is 0 Å². The molecule has 0 amide bonds. The van der Waals surface area contributed by atoms with E-state index in [1.165, 1.54) is 36.8 Å². The summed E-state index contributed by atoms with van der Waals surface area (Å²) >= 11 is 0. The van der Waals surface area contributed by atoms with Crippen LogP contribution >= 0.6 is 0 Å². The molecule has 0 spiro atoms. The standard InChI is InChI=1S/C16H23N/c1-12(2)5-4-6-15(16-11-17-16)14-9-7-13(3)8-10-14/h7,9,11,15-16H,1,4-6,8,10H2,2-3H3. The van der Waals surface area contributed by atoms with Crippen LogP contribution in [-0.4, -0.2) is 12.3 Å². The molecule has 1 heteroatoms. The highest BCUT2D eigenvalue weighted by Gasteiger charge is 2.28. The van der Waals surface area contributed by atoms with E-state index in [-0.39, 0.29) is 0 Å². The van der Waals surface area contributed by atoms with Crippen molar-refractivity contribution < 1.29 is 0 Å². The van der Waals surface area contributed by atoms with Gasteiger partial charge in [0, 0.05) is 12.1 Å². The van der Waals surface area contributed by atoms with Gasteiger partial charge in [-0.15, -0.1) is 6.58 Å². The van der Waals surface area contributed by atoms with Crippen LogP contribution < -0.4 is 0 Å². The van der Waals surface area contributed by atoms with E-state index in [0.717, 1.165) is 6.42 Å². The van der Waals surface area contributed by atoms with Crippen LogP contribution in [0.3, 0.4) is 0 Å². The van der Waals surface area contributed by atoms with Crippen molar-refractivity contribution in [1.29, 1.82) is 0 Å². The van der Waals surface area contributed by atoms with Gasteiger partial charge >= 0.3 is 0 Å². The number of aliphatic imine (C=N–C) groups is 1. The molecule has 0 aromatic rings. The Morgan fingerprint density at radius 1 is 1.47 bits per heavy atom. The minimum Gasteiger partial charge on any atom is -0.286 e. The van der Waals surface area contributed by atoms with E-state index < -0.39 is 0 Å². The Labute approximate surface area is 105 Å². The molecule has 17 heavy (non-hydrogen) atoms. The zero-order chi connectivity index (χ0) is 12.3. The average Bonchev–Trinajstić information content (AvgIpc) is 3.10. The fourth-order valence-electron chi connectivity index (χ4n) is 2.52. The summed E-state index contributed by atoms with van der Waals surface area (Å²) in [5.74, 6) is 0.665. The van der Waals surface area contributed by atoms with Crippen molar-refractivity contribution in [2.45, 2.75) is 52.0 Å². The summed E-state index contributed by atoms with van der Waals surface area (Å²) in [6.07, 6.45) is 12.9. The number of hydrogen-bond donors (Lipinski definition) is 0. The topological polar surface area (TPSA) is 12.4 Å². The number of nitrogens with zero attached hydrogens (tertiary/aromatic N) is 1. The van der Waals surface area contributed by atoms with Gasteiger partial charge in [-0.05, 0) is 46.0 Å². The van der Waals surface area contributed by atoms with E-state index in [1.54, 1.807) is 5.57 Å². The van der Waals surface area contributed by atoms with Gasteiger partial charge in [-0.1, -0.05) is 28.9 Å². The van der Waals surface area contributed by atoms with E-state index in [4.69, 9.17) is 0 Å². The predicted molar refractivity (Wildman–Crippen MR) is 75.5 cm³/mol. The van der Waals surface area contributed by atoms with Crippen molar-refractivity contribution >= 4 is 6.21 Å². The summed E-state index contributed by atoms with van der Waals surface area (Å²) < 4.78 is 0. The van der Waals surface area contributed by atoms with Crippen molar-refractivity contribution in [3.8, 4) is 0 Å². The molecule has 1 nitrogen and oxygen atoms in total. The summed E-state index contributed by atoms with van der Waals surface area (Å²) in [5, 5.41) is 0. The SMILES string of the molecule is C=C(C)CCCC(C1=CC=C(C)CC1)C1C=N1. The molecular weight excluding hydrogens is 206 g/mol. The second kappa shape index (κ2) is 5.48. The molecule has 1 aliphatic carbocycles. The molecule has 0 fully saturated rings. The van der Waals surface area contributed by atoms with Gasteiger partial charge in [-0.25, -0.2) is 0 Å². The van der Waals surface area contributed by atoms with Crippen LogP contribution in [0.4, 0.5) is 0 Å². The van der Waals surface area contributed by atoms with Crippen molar-refractivity contribution in [1.82, 2.24) is 0 Å². The van der Waals surface area contributed by atoms with Crippen LogP contribution in [0.5, 0.6) is 0 Å². The molecule has 0 saturated carbocycles. The summed E-state index contributed by atoms with van der Waals surface area (Å²) in [5.41, 5.74) is 4.42. The first-order valence-electron chi connectivity index (χ1n) is 6.70. The van der Waals surface area contributed by atoms with Gasteiger partial charge in [0.25, 0.3) is 0 Å². The molecule has 2 unspecified atom stereocenters. The van der Waals surface area contributed by atoms with Gasteiger partial charge in [0.2, 0.25) is 0 Å². The molecule has 0 N–H and O–H groups in total. The maximum absolute atomic E-state index is 4.39. The van der Waals surface area contributed by atoms with Crippen molar-refractivity contribution in [3.63, 3.8) is 0 Å². The van der Waals surface area contributed by atoms with E-state index >= 15 is 0 Å². The Hall–Kier alpha value is -1.11. The molecule has 0 bridgehead atoms. The normalized spacial score (nSPS) is 24.0. The van der Waals surface area contributed by atoms with Crippen LogP contribution in [0, 0.1) is 5.92 Å². The smallest absolute Gasteiger partial charge is 0.0908 e. The van der Waals surface area contributed by atoms with Crippen LogP contribution in [0.2, 0.25) is 0 Å². The maximum atomic E-state index is 4.39. The molecule has 1 heterocycles.